The highest BCUT2D eigenvalue weighted by Gasteiger charge is 2.56. The lowest BCUT2D eigenvalue weighted by atomic mass is 9.80. The first-order valence-electron chi connectivity index (χ1n) is 20.1. The molecule has 2 aliphatic rings. The second kappa shape index (κ2) is 12.5. The van der Waals surface area contributed by atoms with Crippen molar-refractivity contribution in [1.29, 1.82) is 0 Å². The van der Waals surface area contributed by atoms with E-state index in [0.29, 0.717) is 5.92 Å². The minimum Gasteiger partial charge on any atom is -0.309 e. The molecule has 0 radical (unpaired) electrons. The summed E-state index contributed by atoms with van der Waals surface area (Å²) in [6, 6.07) is 72.4. The van der Waals surface area contributed by atoms with Crippen LogP contribution in [0.5, 0.6) is 0 Å². The molecule has 9 aromatic rings. The van der Waals surface area contributed by atoms with Gasteiger partial charge in [-0.05, 0) is 104 Å². The summed E-state index contributed by atoms with van der Waals surface area (Å²) < 4.78 is 2.40. The summed E-state index contributed by atoms with van der Waals surface area (Å²) in [5.74, 6) is 0.451. The zero-order chi connectivity index (χ0) is 37.4. The quantitative estimate of drug-likeness (QED) is 0.155. The first-order valence-corrected chi connectivity index (χ1v) is 20.1. The van der Waals surface area contributed by atoms with Crippen LogP contribution in [0.4, 0.5) is 0 Å². The van der Waals surface area contributed by atoms with E-state index in [9.17, 15) is 0 Å². The SMILES string of the molecule is CC1(C)c2ccccc2-c2ccc(C3CC3(Cc3ccc(-c4cccc5c4c4ccccc4n5-c4ccccc4)cc3)c3ccc(-c4ccccc4)cc3)cc21. The molecule has 1 heterocycles. The van der Waals surface area contributed by atoms with Crippen molar-refractivity contribution < 1.29 is 0 Å². The highest BCUT2D eigenvalue weighted by Crippen LogP contribution is 2.63. The molecule has 2 aliphatic carbocycles. The van der Waals surface area contributed by atoms with Crippen molar-refractivity contribution in [3.63, 3.8) is 0 Å². The predicted octanol–water partition coefficient (Wildman–Crippen LogP) is 14.1. The van der Waals surface area contributed by atoms with Gasteiger partial charge in [0.05, 0.1) is 11.0 Å². The number of rotatable bonds is 7. The maximum atomic E-state index is 2.55. The maximum absolute atomic E-state index is 2.55. The molecule has 0 saturated heterocycles. The van der Waals surface area contributed by atoms with Crippen LogP contribution in [-0.2, 0) is 17.3 Å². The Hall–Kier alpha value is -6.44. The minimum absolute atomic E-state index is 0.0110. The maximum Gasteiger partial charge on any atom is 0.0547 e. The van der Waals surface area contributed by atoms with Crippen molar-refractivity contribution >= 4 is 21.8 Å². The van der Waals surface area contributed by atoms with E-state index < -0.39 is 0 Å². The molecule has 11 rings (SSSR count). The Morgan fingerprint density at radius 1 is 0.500 bits per heavy atom. The standard InChI is InChI=1S/C55H43N/c1-54(2)48-21-11-9-18-45(48)46-33-30-41(34-49(46)54)50-36-55(50,42-31-28-39(29-32-42)38-14-5-3-6-15-38)35-37-24-26-40(27-25-37)44-20-13-23-52-53(44)47-19-10-12-22-51(47)56(52)43-16-7-4-8-17-43/h3-34,50H,35-36H2,1-2H3. The van der Waals surface area contributed by atoms with Gasteiger partial charge >= 0.3 is 0 Å². The normalized spacial score (nSPS) is 17.9. The van der Waals surface area contributed by atoms with Gasteiger partial charge in [0.1, 0.15) is 0 Å². The first-order chi connectivity index (χ1) is 27.5. The molecule has 268 valence electrons. The number of fused-ring (bicyclic) bond motifs is 6. The zero-order valence-corrected chi connectivity index (χ0v) is 31.9. The third-order valence-electron chi connectivity index (χ3n) is 13.1. The van der Waals surface area contributed by atoms with Gasteiger partial charge in [-0.25, -0.2) is 0 Å². The van der Waals surface area contributed by atoms with Crippen molar-refractivity contribution in [2.24, 2.45) is 0 Å². The zero-order valence-electron chi connectivity index (χ0n) is 31.9. The first kappa shape index (κ1) is 32.9. The molecule has 0 aliphatic heterocycles. The van der Waals surface area contributed by atoms with Gasteiger partial charge in [-0.2, -0.15) is 0 Å². The Labute approximate surface area is 329 Å². The van der Waals surface area contributed by atoms with Crippen molar-refractivity contribution in [2.75, 3.05) is 0 Å². The fourth-order valence-corrected chi connectivity index (χ4v) is 10.2. The molecule has 1 heteroatoms. The van der Waals surface area contributed by atoms with E-state index >= 15 is 0 Å². The van der Waals surface area contributed by atoms with Gasteiger partial charge in [-0.3, -0.25) is 0 Å². The van der Waals surface area contributed by atoms with Crippen LogP contribution in [0, 0.1) is 0 Å². The van der Waals surface area contributed by atoms with Crippen molar-refractivity contribution in [3.05, 3.63) is 222 Å². The average molecular weight is 718 g/mol. The largest absolute Gasteiger partial charge is 0.309 e. The highest BCUT2D eigenvalue weighted by atomic mass is 15.0. The van der Waals surface area contributed by atoms with Gasteiger partial charge in [0.25, 0.3) is 0 Å². The van der Waals surface area contributed by atoms with E-state index in [1.165, 1.54) is 88.7 Å². The summed E-state index contributed by atoms with van der Waals surface area (Å²) in [6.45, 7) is 4.79. The van der Waals surface area contributed by atoms with E-state index in [1.807, 2.05) is 0 Å². The summed E-state index contributed by atoms with van der Waals surface area (Å²) in [5.41, 5.74) is 18.7. The van der Waals surface area contributed by atoms with Crippen molar-refractivity contribution in [3.8, 4) is 39.1 Å². The van der Waals surface area contributed by atoms with Gasteiger partial charge in [0.15, 0.2) is 0 Å². The molecule has 1 aromatic heterocycles. The second-order valence-corrected chi connectivity index (χ2v) is 16.6. The van der Waals surface area contributed by atoms with Gasteiger partial charge < -0.3 is 4.57 Å². The van der Waals surface area contributed by atoms with Crippen molar-refractivity contribution in [1.82, 2.24) is 4.57 Å². The predicted molar refractivity (Wildman–Crippen MR) is 235 cm³/mol. The Morgan fingerprint density at radius 3 is 1.93 bits per heavy atom. The number of benzene rings is 8. The molecule has 1 nitrogen and oxygen atoms in total. The van der Waals surface area contributed by atoms with Crippen LogP contribution in [-0.4, -0.2) is 4.57 Å². The Kier molecular flexibility index (Phi) is 7.38. The monoisotopic (exact) mass is 717 g/mol. The fourth-order valence-electron chi connectivity index (χ4n) is 10.2. The minimum atomic E-state index is -0.0110. The smallest absolute Gasteiger partial charge is 0.0547 e. The van der Waals surface area contributed by atoms with E-state index in [4.69, 9.17) is 0 Å². The Bertz CT molecular complexity index is 2910. The van der Waals surface area contributed by atoms with E-state index in [1.54, 1.807) is 0 Å². The lowest BCUT2D eigenvalue weighted by Crippen LogP contribution is -2.16. The van der Waals surface area contributed by atoms with Crippen LogP contribution >= 0.6 is 0 Å². The molecular weight excluding hydrogens is 675 g/mol. The number of nitrogens with zero attached hydrogens (tertiary/aromatic N) is 1. The molecule has 0 amide bonds. The van der Waals surface area contributed by atoms with Crippen LogP contribution in [0.1, 0.15) is 54.0 Å². The number of hydrogen-bond acceptors (Lipinski definition) is 0. The molecule has 0 N–H and O–H groups in total. The molecule has 2 atom stereocenters. The van der Waals surface area contributed by atoms with E-state index in [2.05, 4.69) is 213 Å². The lowest BCUT2D eigenvalue weighted by Gasteiger charge is -2.23. The highest BCUT2D eigenvalue weighted by molar-refractivity contribution is 6.15. The van der Waals surface area contributed by atoms with Gasteiger partial charge in [0.2, 0.25) is 0 Å². The number of hydrogen-bond donors (Lipinski definition) is 0. The van der Waals surface area contributed by atoms with Crippen LogP contribution in [0.3, 0.4) is 0 Å². The molecular formula is C55H43N. The summed E-state index contributed by atoms with van der Waals surface area (Å²) >= 11 is 0. The van der Waals surface area contributed by atoms with Crippen LogP contribution in [0.2, 0.25) is 0 Å². The topological polar surface area (TPSA) is 4.93 Å². The lowest BCUT2D eigenvalue weighted by molar-refractivity contribution is 0.649. The van der Waals surface area contributed by atoms with Crippen LogP contribution < -0.4 is 0 Å². The fraction of sp³-hybridized carbons (Fsp3) is 0.127. The van der Waals surface area contributed by atoms with E-state index in [-0.39, 0.29) is 10.8 Å². The molecule has 0 spiro atoms. The molecule has 8 aromatic carbocycles. The average Bonchev–Trinajstić information content (AvgIpc) is 3.81. The number of aromatic nitrogens is 1. The summed E-state index contributed by atoms with van der Waals surface area (Å²) in [6.07, 6.45) is 2.14. The van der Waals surface area contributed by atoms with Crippen LogP contribution in [0.15, 0.2) is 194 Å². The second-order valence-electron chi connectivity index (χ2n) is 16.6. The summed E-state index contributed by atoms with van der Waals surface area (Å²) in [5, 5.41) is 2.59. The van der Waals surface area contributed by atoms with E-state index in [0.717, 1.165) is 12.8 Å². The third kappa shape index (κ3) is 5.07. The Balaban J connectivity index is 0.974. The van der Waals surface area contributed by atoms with Gasteiger partial charge in [-0.15, -0.1) is 0 Å². The van der Waals surface area contributed by atoms with Gasteiger partial charge in [0, 0.05) is 27.3 Å². The molecule has 0 bridgehead atoms. The molecule has 56 heavy (non-hydrogen) atoms. The summed E-state index contributed by atoms with van der Waals surface area (Å²) in [4.78, 5) is 0. The number of para-hydroxylation sites is 2. The molecule has 1 fully saturated rings. The third-order valence-corrected chi connectivity index (χ3v) is 13.1. The summed E-state index contributed by atoms with van der Waals surface area (Å²) in [7, 11) is 0. The van der Waals surface area contributed by atoms with Crippen LogP contribution in [0.25, 0.3) is 60.9 Å². The molecule has 2 unspecified atom stereocenters. The van der Waals surface area contributed by atoms with Crippen molar-refractivity contribution in [2.45, 2.75) is 43.4 Å². The van der Waals surface area contributed by atoms with Gasteiger partial charge in [-0.1, -0.05) is 184 Å². The molecule has 1 saturated carbocycles. The Morgan fingerprint density at radius 2 is 1.12 bits per heavy atom.